The molecule has 0 saturated heterocycles. The topological polar surface area (TPSA) is 137 Å². The zero-order chi connectivity index (χ0) is 21.9. The molecular weight excluding hydrogens is 392 g/mol. The van der Waals surface area contributed by atoms with Crippen molar-refractivity contribution in [3.63, 3.8) is 0 Å². The molecule has 0 spiro atoms. The van der Waals surface area contributed by atoms with Crippen LogP contribution < -0.4 is 10.2 Å². The second kappa shape index (κ2) is 11.2. The van der Waals surface area contributed by atoms with Crippen LogP contribution in [0.15, 0.2) is 47.6 Å². The number of hydrogen-bond acceptors (Lipinski definition) is 7. The number of carbonyl (C=O) groups excluding carboxylic acids is 1. The van der Waals surface area contributed by atoms with Crippen LogP contribution in [-0.4, -0.2) is 28.6 Å². The zero-order valence-electron chi connectivity index (χ0n) is 16.4. The van der Waals surface area contributed by atoms with Gasteiger partial charge in [0.15, 0.2) is 0 Å². The molecule has 30 heavy (non-hydrogen) atoms. The van der Waals surface area contributed by atoms with Crippen molar-refractivity contribution >= 4 is 23.5 Å². The van der Waals surface area contributed by atoms with Crippen molar-refractivity contribution in [2.75, 3.05) is 6.61 Å². The average molecular weight is 414 g/mol. The Labute approximate surface area is 172 Å². The predicted octanol–water partition coefficient (Wildman–Crippen LogP) is 3.76. The summed E-state index contributed by atoms with van der Waals surface area (Å²) in [6.07, 6.45) is 4.18. The minimum atomic E-state index is -0.759. The summed E-state index contributed by atoms with van der Waals surface area (Å²) in [5.41, 5.74) is 2.13. The Hall–Kier alpha value is -3.82. The number of hydrogen-bond donors (Lipinski definition) is 1. The standard InChI is InChI=1S/C20H22N4O6/c1-2-3-6-11-30-19-8-5-4-7-16(19)14-21-22-20(25)12-15-9-10-17(23(26)27)13-18(15)24(28)29/h4-5,7-10,13-14H,2-3,6,11-12H2,1H3,(H,22,25)/b21-14+. The summed E-state index contributed by atoms with van der Waals surface area (Å²) in [4.78, 5) is 32.6. The van der Waals surface area contributed by atoms with Crippen LogP contribution in [0.5, 0.6) is 5.75 Å². The van der Waals surface area contributed by atoms with Crippen LogP contribution in [-0.2, 0) is 11.2 Å². The van der Waals surface area contributed by atoms with E-state index >= 15 is 0 Å². The van der Waals surface area contributed by atoms with Crippen LogP contribution in [0, 0.1) is 20.2 Å². The maximum Gasteiger partial charge on any atom is 0.279 e. The van der Waals surface area contributed by atoms with E-state index in [2.05, 4.69) is 17.5 Å². The molecule has 0 aliphatic rings. The largest absolute Gasteiger partial charge is 0.493 e. The highest BCUT2D eigenvalue weighted by atomic mass is 16.6. The monoisotopic (exact) mass is 414 g/mol. The minimum absolute atomic E-state index is 0.0537. The van der Waals surface area contributed by atoms with Gasteiger partial charge < -0.3 is 4.74 Å². The first-order chi connectivity index (χ1) is 14.4. The van der Waals surface area contributed by atoms with Gasteiger partial charge in [0.1, 0.15) is 5.75 Å². The zero-order valence-corrected chi connectivity index (χ0v) is 16.4. The highest BCUT2D eigenvalue weighted by molar-refractivity contribution is 5.86. The number of nitrogens with one attached hydrogen (secondary N) is 1. The normalized spacial score (nSPS) is 10.7. The first-order valence-electron chi connectivity index (χ1n) is 9.37. The Morgan fingerprint density at radius 2 is 1.90 bits per heavy atom. The highest BCUT2D eigenvalue weighted by Gasteiger charge is 2.21. The number of para-hydroxylation sites is 1. The van der Waals surface area contributed by atoms with E-state index in [1.165, 1.54) is 12.3 Å². The van der Waals surface area contributed by atoms with Gasteiger partial charge in [0.05, 0.1) is 35.2 Å². The van der Waals surface area contributed by atoms with Gasteiger partial charge in [0.2, 0.25) is 5.91 Å². The van der Waals surface area contributed by atoms with Crippen molar-refractivity contribution in [2.24, 2.45) is 5.10 Å². The molecule has 10 nitrogen and oxygen atoms in total. The Balaban J connectivity index is 2.01. The van der Waals surface area contributed by atoms with Gasteiger partial charge in [-0.3, -0.25) is 25.0 Å². The summed E-state index contributed by atoms with van der Waals surface area (Å²) in [6, 6.07) is 10.4. The summed E-state index contributed by atoms with van der Waals surface area (Å²) in [5.74, 6) is 0.0437. The lowest BCUT2D eigenvalue weighted by Crippen LogP contribution is -2.20. The van der Waals surface area contributed by atoms with E-state index in [0.717, 1.165) is 31.4 Å². The van der Waals surface area contributed by atoms with Crippen molar-refractivity contribution in [3.05, 3.63) is 73.8 Å². The van der Waals surface area contributed by atoms with E-state index in [1.54, 1.807) is 12.1 Å². The Morgan fingerprint density at radius 1 is 1.13 bits per heavy atom. The number of non-ortho nitro benzene ring substituents is 1. The smallest absolute Gasteiger partial charge is 0.279 e. The summed E-state index contributed by atoms with van der Waals surface area (Å²) >= 11 is 0. The molecule has 0 aliphatic heterocycles. The quantitative estimate of drug-likeness (QED) is 0.257. The van der Waals surface area contributed by atoms with Gasteiger partial charge in [-0.05, 0) is 24.6 Å². The van der Waals surface area contributed by atoms with Crippen LogP contribution in [0.1, 0.15) is 37.3 Å². The van der Waals surface area contributed by atoms with Gasteiger partial charge in [-0.25, -0.2) is 5.43 Å². The molecule has 0 radical (unpaired) electrons. The third-order valence-electron chi connectivity index (χ3n) is 4.14. The molecule has 0 heterocycles. The van der Waals surface area contributed by atoms with Gasteiger partial charge in [0.25, 0.3) is 11.4 Å². The summed E-state index contributed by atoms with van der Waals surface area (Å²) in [7, 11) is 0. The fourth-order valence-corrected chi connectivity index (χ4v) is 2.62. The lowest BCUT2D eigenvalue weighted by atomic mass is 10.1. The fraction of sp³-hybridized carbons (Fsp3) is 0.300. The second-order valence-corrected chi connectivity index (χ2v) is 6.39. The third-order valence-corrected chi connectivity index (χ3v) is 4.14. The predicted molar refractivity (Wildman–Crippen MR) is 111 cm³/mol. The lowest BCUT2D eigenvalue weighted by Gasteiger charge is -2.08. The Kier molecular flexibility index (Phi) is 8.42. The molecule has 0 saturated carbocycles. The van der Waals surface area contributed by atoms with Crippen molar-refractivity contribution in [2.45, 2.75) is 32.6 Å². The molecule has 158 valence electrons. The number of ether oxygens (including phenoxy) is 1. The molecule has 0 bridgehead atoms. The number of carbonyl (C=O) groups is 1. The lowest BCUT2D eigenvalue weighted by molar-refractivity contribution is -0.394. The molecule has 2 rings (SSSR count). The van der Waals surface area contributed by atoms with Crippen LogP contribution in [0.3, 0.4) is 0 Å². The number of rotatable bonds is 11. The van der Waals surface area contributed by atoms with Crippen LogP contribution >= 0.6 is 0 Å². The molecular formula is C20H22N4O6. The Morgan fingerprint density at radius 3 is 2.60 bits per heavy atom. The number of nitrogens with zero attached hydrogens (tertiary/aromatic N) is 3. The third kappa shape index (κ3) is 6.66. The molecule has 0 fully saturated rings. The van der Waals surface area contributed by atoms with Gasteiger partial charge in [0, 0.05) is 17.2 Å². The number of unbranched alkanes of at least 4 members (excludes halogenated alkanes) is 2. The summed E-state index contributed by atoms with van der Waals surface area (Å²) < 4.78 is 5.73. The van der Waals surface area contributed by atoms with Crippen molar-refractivity contribution in [1.82, 2.24) is 5.43 Å². The van der Waals surface area contributed by atoms with E-state index < -0.39 is 27.1 Å². The molecule has 1 N–H and O–H groups in total. The van der Waals surface area contributed by atoms with Gasteiger partial charge in [-0.1, -0.05) is 31.9 Å². The van der Waals surface area contributed by atoms with Crippen LogP contribution in [0.25, 0.3) is 0 Å². The number of amides is 1. The molecule has 2 aromatic rings. The van der Waals surface area contributed by atoms with Gasteiger partial charge in [-0.15, -0.1) is 0 Å². The molecule has 1 amide bonds. The summed E-state index contributed by atoms with van der Waals surface area (Å²) in [5, 5.41) is 25.8. The summed E-state index contributed by atoms with van der Waals surface area (Å²) in [6.45, 7) is 2.68. The molecule has 0 aromatic heterocycles. The van der Waals surface area contributed by atoms with E-state index in [0.29, 0.717) is 17.9 Å². The van der Waals surface area contributed by atoms with Gasteiger partial charge >= 0.3 is 0 Å². The average Bonchev–Trinajstić information content (AvgIpc) is 2.72. The molecule has 0 unspecified atom stereocenters. The van der Waals surface area contributed by atoms with Crippen molar-refractivity contribution in [1.29, 1.82) is 0 Å². The SMILES string of the molecule is CCCCCOc1ccccc1/C=N/NC(=O)Cc1ccc([N+](=O)[O-])cc1[N+](=O)[O-]. The maximum atomic E-state index is 12.1. The van der Waals surface area contributed by atoms with Gasteiger partial charge in [-0.2, -0.15) is 5.10 Å². The van der Waals surface area contributed by atoms with Crippen molar-refractivity contribution < 1.29 is 19.4 Å². The molecule has 2 aromatic carbocycles. The molecule has 0 aliphatic carbocycles. The number of nitro groups is 2. The Bertz CT molecular complexity index is 945. The fourth-order valence-electron chi connectivity index (χ4n) is 2.62. The van der Waals surface area contributed by atoms with Crippen LogP contribution in [0.2, 0.25) is 0 Å². The number of benzene rings is 2. The first-order valence-corrected chi connectivity index (χ1v) is 9.37. The van der Waals surface area contributed by atoms with Crippen LogP contribution in [0.4, 0.5) is 11.4 Å². The van der Waals surface area contributed by atoms with E-state index in [-0.39, 0.29) is 12.0 Å². The van der Waals surface area contributed by atoms with E-state index in [1.807, 2.05) is 12.1 Å². The maximum absolute atomic E-state index is 12.1. The van der Waals surface area contributed by atoms with E-state index in [9.17, 15) is 25.0 Å². The highest BCUT2D eigenvalue weighted by Crippen LogP contribution is 2.25. The number of nitro benzene ring substituents is 2. The minimum Gasteiger partial charge on any atom is -0.493 e. The van der Waals surface area contributed by atoms with E-state index in [4.69, 9.17) is 4.74 Å². The van der Waals surface area contributed by atoms with Crippen molar-refractivity contribution in [3.8, 4) is 5.75 Å². The molecule has 10 heteroatoms. The number of hydrazone groups is 1. The first kappa shape index (κ1) is 22.5. The second-order valence-electron chi connectivity index (χ2n) is 6.39. The molecule has 0 atom stereocenters.